The first-order chi connectivity index (χ1) is 11.4. The van der Waals surface area contributed by atoms with Gasteiger partial charge in [-0.2, -0.15) is 0 Å². The second-order valence-electron chi connectivity index (χ2n) is 4.92. The van der Waals surface area contributed by atoms with E-state index in [9.17, 15) is 19.7 Å². The molecule has 0 bridgehead atoms. The van der Waals surface area contributed by atoms with Gasteiger partial charge in [0.05, 0.1) is 21.7 Å². The Kier molecular flexibility index (Phi) is 5.10. The van der Waals surface area contributed by atoms with Crippen LogP contribution in [-0.4, -0.2) is 22.1 Å². The zero-order valence-corrected chi connectivity index (χ0v) is 12.7. The Morgan fingerprint density at radius 1 is 1.25 bits per heavy atom. The number of carboxylic acid groups (broad SMARTS) is 1. The van der Waals surface area contributed by atoms with Gasteiger partial charge < -0.3 is 9.84 Å². The lowest BCUT2D eigenvalue weighted by atomic mass is 10.1. The van der Waals surface area contributed by atoms with Crippen LogP contribution in [0.2, 0.25) is 0 Å². The Hall–Kier alpha value is -3.42. The maximum Gasteiger partial charge on any atom is 0.411 e. The molecule has 0 aliphatic carbocycles. The predicted octanol–water partition coefficient (Wildman–Crippen LogP) is 3.35. The van der Waals surface area contributed by atoms with Crippen LogP contribution >= 0.6 is 0 Å². The van der Waals surface area contributed by atoms with E-state index < -0.39 is 22.7 Å². The number of nitro groups is 1. The number of anilines is 1. The number of nitro benzene ring substituents is 1. The van der Waals surface area contributed by atoms with E-state index in [0.717, 1.165) is 17.7 Å². The highest BCUT2D eigenvalue weighted by molar-refractivity contribution is 5.93. The SMILES string of the molecule is Cc1c(NC(=O)OCc2ccccc2)cc(C(=O)O)cc1[N+](=O)[O-]. The van der Waals surface area contributed by atoms with Gasteiger partial charge in [-0.1, -0.05) is 30.3 Å². The summed E-state index contributed by atoms with van der Waals surface area (Å²) in [6, 6.07) is 11.0. The van der Waals surface area contributed by atoms with Gasteiger partial charge in [-0.15, -0.1) is 0 Å². The molecule has 124 valence electrons. The summed E-state index contributed by atoms with van der Waals surface area (Å²) in [5.74, 6) is -1.33. The molecule has 24 heavy (non-hydrogen) atoms. The quantitative estimate of drug-likeness (QED) is 0.641. The fourth-order valence-corrected chi connectivity index (χ4v) is 2.01. The number of rotatable bonds is 5. The van der Waals surface area contributed by atoms with Crippen molar-refractivity contribution in [3.05, 3.63) is 69.3 Å². The Bertz CT molecular complexity index is 789. The van der Waals surface area contributed by atoms with Crippen LogP contribution in [0.4, 0.5) is 16.2 Å². The molecule has 0 fully saturated rings. The monoisotopic (exact) mass is 330 g/mol. The van der Waals surface area contributed by atoms with Crippen LogP contribution in [0.5, 0.6) is 0 Å². The van der Waals surface area contributed by atoms with E-state index >= 15 is 0 Å². The van der Waals surface area contributed by atoms with Crippen LogP contribution in [-0.2, 0) is 11.3 Å². The topological polar surface area (TPSA) is 119 Å². The van der Waals surface area contributed by atoms with Gasteiger partial charge in [0.2, 0.25) is 0 Å². The van der Waals surface area contributed by atoms with Crippen molar-refractivity contribution >= 4 is 23.4 Å². The predicted molar refractivity (Wildman–Crippen MR) is 85.0 cm³/mol. The van der Waals surface area contributed by atoms with E-state index in [2.05, 4.69) is 5.32 Å². The molecule has 2 N–H and O–H groups in total. The molecule has 2 rings (SSSR count). The Morgan fingerprint density at radius 2 is 1.92 bits per heavy atom. The Balaban J connectivity index is 2.17. The first-order valence-corrected chi connectivity index (χ1v) is 6.88. The molecule has 0 heterocycles. The summed E-state index contributed by atoms with van der Waals surface area (Å²) < 4.78 is 5.02. The first kappa shape index (κ1) is 16.9. The first-order valence-electron chi connectivity index (χ1n) is 6.88. The molecular weight excluding hydrogens is 316 g/mol. The number of nitrogens with zero attached hydrogens (tertiary/aromatic N) is 1. The molecule has 0 saturated carbocycles. The molecule has 0 radical (unpaired) electrons. The van der Waals surface area contributed by atoms with E-state index in [-0.39, 0.29) is 23.4 Å². The fourth-order valence-electron chi connectivity index (χ4n) is 2.01. The molecule has 8 heteroatoms. The van der Waals surface area contributed by atoms with Crippen LogP contribution in [0.25, 0.3) is 0 Å². The van der Waals surface area contributed by atoms with Gasteiger partial charge in [-0.05, 0) is 18.6 Å². The lowest BCUT2D eigenvalue weighted by Crippen LogP contribution is -2.15. The van der Waals surface area contributed by atoms with Gasteiger partial charge in [0.25, 0.3) is 5.69 Å². The van der Waals surface area contributed by atoms with Gasteiger partial charge in [0.1, 0.15) is 6.61 Å². The molecule has 0 atom stereocenters. The van der Waals surface area contributed by atoms with E-state index in [0.29, 0.717) is 0 Å². The molecule has 0 aromatic heterocycles. The second-order valence-corrected chi connectivity index (χ2v) is 4.92. The number of hydrogen-bond acceptors (Lipinski definition) is 5. The Morgan fingerprint density at radius 3 is 2.50 bits per heavy atom. The van der Waals surface area contributed by atoms with E-state index in [4.69, 9.17) is 9.84 Å². The number of amides is 1. The van der Waals surface area contributed by atoms with Crippen molar-refractivity contribution in [2.75, 3.05) is 5.32 Å². The minimum atomic E-state index is -1.33. The van der Waals surface area contributed by atoms with Gasteiger partial charge >= 0.3 is 12.1 Å². The molecule has 0 aliphatic rings. The molecular formula is C16H14N2O6. The van der Waals surface area contributed by atoms with Crippen LogP contribution in [0.3, 0.4) is 0 Å². The van der Waals surface area contributed by atoms with Crippen molar-refractivity contribution in [1.82, 2.24) is 0 Å². The van der Waals surface area contributed by atoms with Crippen LogP contribution in [0, 0.1) is 17.0 Å². The number of carbonyl (C=O) groups is 2. The highest BCUT2D eigenvalue weighted by Crippen LogP contribution is 2.28. The molecule has 0 aliphatic heterocycles. The number of carboxylic acids is 1. The molecule has 0 unspecified atom stereocenters. The average molecular weight is 330 g/mol. The number of aromatic carboxylic acids is 1. The highest BCUT2D eigenvalue weighted by Gasteiger charge is 2.20. The zero-order valence-electron chi connectivity index (χ0n) is 12.7. The third-order valence-corrected chi connectivity index (χ3v) is 3.27. The van der Waals surface area contributed by atoms with Crippen molar-refractivity contribution in [2.45, 2.75) is 13.5 Å². The standard InChI is InChI=1S/C16H14N2O6/c1-10-13(7-12(15(19)20)8-14(10)18(22)23)17-16(21)24-9-11-5-3-2-4-6-11/h2-8H,9H2,1H3,(H,17,21)(H,19,20). The summed E-state index contributed by atoms with van der Waals surface area (Å²) in [7, 11) is 0. The minimum Gasteiger partial charge on any atom is -0.478 e. The van der Waals surface area contributed by atoms with Crippen molar-refractivity contribution in [1.29, 1.82) is 0 Å². The molecule has 1 amide bonds. The van der Waals surface area contributed by atoms with E-state index in [1.165, 1.54) is 6.92 Å². The lowest BCUT2D eigenvalue weighted by Gasteiger charge is -2.10. The van der Waals surface area contributed by atoms with Crippen molar-refractivity contribution in [3.63, 3.8) is 0 Å². The fraction of sp³-hybridized carbons (Fsp3) is 0.125. The molecule has 2 aromatic rings. The van der Waals surface area contributed by atoms with Gasteiger partial charge in [-0.3, -0.25) is 15.4 Å². The van der Waals surface area contributed by atoms with Gasteiger partial charge in [0, 0.05) is 6.07 Å². The van der Waals surface area contributed by atoms with Gasteiger partial charge in [0.15, 0.2) is 0 Å². The largest absolute Gasteiger partial charge is 0.478 e. The Labute approximate surface area is 136 Å². The molecule has 0 saturated heterocycles. The number of nitrogens with one attached hydrogen (secondary N) is 1. The summed E-state index contributed by atoms with van der Waals surface area (Å²) in [5.41, 5.74) is 0.231. The summed E-state index contributed by atoms with van der Waals surface area (Å²) in [5, 5.41) is 22.4. The summed E-state index contributed by atoms with van der Waals surface area (Å²) in [4.78, 5) is 33.2. The van der Waals surface area contributed by atoms with Crippen LogP contribution in [0.15, 0.2) is 42.5 Å². The van der Waals surface area contributed by atoms with Crippen molar-refractivity contribution in [2.24, 2.45) is 0 Å². The van der Waals surface area contributed by atoms with E-state index in [1.807, 2.05) is 6.07 Å². The maximum atomic E-state index is 11.8. The molecule has 8 nitrogen and oxygen atoms in total. The highest BCUT2D eigenvalue weighted by atomic mass is 16.6. The number of ether oxygens (including phenoxy) is 1. The maximum absolute atomic E-state index is 11.8. The number of benzene rings is 2. The normalized spacial score (nSPS) is 10.0. The molecule has 2 aromatic carbocycles. The minimum absolute atomic E-state index is 0.0136. The average Bonchev–Trinajstić information content (AvgIpc) is 2.55. The number of carbonyl (C=O) groups excluding carboxylic acids is 1. The van der Waals surface area contributed by atoms with Crippen molar-refractivity contribution < 1.29 is 24.4 Å². The lowest BCUT2D eigenvalue weighted by molar-refractivity contribution is -0.385. The number of hydrogen-bond donors (Lipinski definition) is 2. The smallest absolute Gasteiger partial charge is 0.411 e. The summed E-state index contributed by atoms with van der Waals surface area (Å²) in [6.45, 7) is 1.43. The van der Waals surface area contributed by atoms with Crippen molar-refractivity contribution in [3.8, 4) is 0 Å². The zero-order chi connectivity index (χ0) is 17.7. The van der Waals surface area contributed by atoms with Crippen LogP contribution < -0.4 is 5.32 Å². The third kappa shape index (κ3) is 4.07. The third-order valence-electron chi connectivity index (χ3n) is 3.27. The van der Waals surface area contributed by atoms with E-state index in [1.54, 1.807) is 24.3 Å². The molecule has 0 spiro atoms. The second kappa shape index (κ2) is 7.23. The summed E-state index contributed by atoms with van der Waals surface area (Å²) >= 11 is 0. The van der Waals surface area contributed by atoms with Crippen LogP contribution in [0.1, 0.15) is 21.5 Å². The summed E-state index contributed by atoms with van der Waals surface area (Å²) in [6.07, 6.45) is -0.834. The van der Waals surface area contributed by atoms with Gasteiger partial charge in [-0.25, -0.2) is 9.59 Å².